The zero-order valence-electron chi connectivity index (χ0n) is 17.0. The number of hydrogen-bond donors (Lipinski definition) is 1. The van der Waals surface area contributed by atoms with Gasteiger partial charge in [-0.2, -0.15) is 10.4 Å². The van der Waals surface area contributed by atoms with Crippen LogP contribution in [0.25, 0.3) is 0 Å². The minimum Gasteiger partial charge on any atom is -0.487 e. The third-order valence-electron chi connectivity index (χ3n) is 4.27. The predicted molar refractivity (Wildman–Crippen MR) is 128 cm³/mol. The first kappa shape index (κ1) is 22.9. The number of anilines is 1. The molecule has 0 radical (unpaired) electrons. The third-order valence-corrected chi connectivity index (χ3v) is 5.45. The van der Waals surface area contributed by atoms with Gasteiger partial charge in [0.25, 0.3) is 0 Å². The van der Waals surface area contributed by atoms with Crippen LogP contribution in [-0.2, 0) is 18.0 Å². The number of hydrogen-bond acceptors (Lipinski definition) is 6. The highest BCUT2D eigenvalue weighted by Gasteiger charge is 2.12. The second kappa shape index (κ2) is 11.0. The molecule has 0 aliphatic carbocycles. The quantitative estimate of drug-likeness (QED) is 0.280. The molecule has 0 bridgehead atoms. The predicted octanol–water partition coefficient (Wildman–Crippen LogP) is 5.96. The van der Waals surface area contributed by atoms with E-state index in [1.54, 1.807) is 13.3 Å². The molecule has 1 N–H and O–H groups in total. The van der Waals surface area contributed by atoms with Crippen LogP contribution in [-0.4, -0.2) is 18.3 Å². The number of nitrogens with zero attached hydrogens (tertiary/aromatic N) is 3. The number of halogens is 2. The number of nitriles is 1. The van der Waals surface area contributed by atoms with E-state index >= 15 is 0 Å². The molecule has 0 saturated heterocycles. The number of benzene rings is 2. The van der Waals surface area contributed by atoms with Crippen molar-refractivity contribution in [3.05, 3.63) is 85.4 Å². The van der Waals surface area contributed by atoms with E-state index in [1.165, 1.54) is 0 Å². The van der Waals surface area contributed by atoms with Crippen molar-refractivity contribution in [2.24, 2.45) is 5.10 Å². The summed E-state index contributed by atoms with van der Waals surface area (Å²) in [7, 11) is 1.59. The molecule has 2 aromatic carbocycles. The van der Waals surface area contributed by atoms with E-state index < -0.39 is 0 Å². The van der Waals surface area contributed by atoms with Gasteiger partial charge in [-0.05, 0) is 68.1 Å². The Morgan fingerprint density at radius 1 is 1.13 bits per heavy atom. The fourth-order valence-corrected chi connectivity index (χ4v) is 4.36. The number of aromatic nitrogens is 1. The van der Waals surface area contributed by atoms with E-state index in [-0.39, 0.29) is 0 Å². The summed E-state index contributed by atoms with van der Waals surface area (Å²) in [5.74, 6) is 1.11. The maximum atomic E-state index is 9.51. The van der Waals surface area contributed by atoms with Crippen LogP contribution in [0, 0.1) is 18.3 Å². The SMILES string of the molecule is COCc1cc(C)nc(NN=Cc2cc(Br)c(OCc3ccccc3)c(Br)c2)c1C#N. The molecular weight excluding hydrogens is 524 g/mol. The van der Waals surface area contributed by atoms with Crippen LogP contribution in [0.2, 0.25) is 0 Å². The van der Waals surface area contributed by atoms with E-state index in [0.717, 1.165) is 31.3 Å². The van der Waals surface area contributed by atoms with Crippen molar-refractivity contribution in [3.8, 4) is 11.8 Å². The minimum atomic E-state index is 0.328. The Morgan fingerprint density at radius 2 is 1.84 bits per heavy atom. The van der Waals surface area contributed by atoms with Crippen molar-refractivity contribution in [2.75, 3.05) is 12.5 Å². The van der Waals surface area contributed by atoms with E-state index in [1.807, 2.05) is 55.5 Å². The topological polar surface area (TPSA) is 79.5 Å². The van der Waals surface area contributed by atoms with Crippen LogP contribution in [0.3, 0.4) is 0 Å². The second-order valence-electron chi connectivity index (χ2n) is 6.65. The first-order valence-electron chi connectivity index (χ1n) is 9.36. The van der Waals surface area contributed by atoms with Gasteiger partial charge in [-0.1, -0.05) is 30.3 Å². The molecule has 31 heavy (non-hydrogen) atoms. The standard InChI is InChI=1S/C23H20Br2N4O2/c1-15-8-18(14-30-2)19(11-26)23(28-15)29-27-12-17-9-20(24)22(21(25)10-17)31-13-16-6-4-3-5-7-16/h3-10,12H,13-14H2,1-2H3,(H,28,29). The molecule has 158 valence electrons. The lowest BCUT2D eigenvalue weighted by atomic mass is 10.1. The van der Waals surface area contributed by atoms with Gasteiger partial charge in [-0.3, -0.25) is 5.43 Å². The lowest BCUT2D eigenvalue weighted by molar-refractivity contribution is 0.184. The summed E-state index contributed by atoms with van der Waals surface area (Å²) in [6.45, 7) is 2.65. The largest absolute Gasteiger partial charge is 0.487 e. The average Bonchev–Trinajstić information content (AvgIpc) is 2.74. The summed E-state index contributed by atoms with van der Waals surface area (Å²) >= 11 is 7.12. The van der Waals surface area contributed by atoms with Crippen LogP contribution in [0.4, 0.5) is 5.82 Å². The van der Waals surface area contributed by atoms with Crippen molar-refractivity contribution in [2.45, 2.75) is 20.1 Å². The molecule has 8 heteroatoms. The van der Waals surface area contributed by atoms with E-state index in [4.69, 9.17) is 9.47 Å². The molecule has 0 saturated carbocycles. The van der Waals surface area contributed by atoms with Gasteiger partial charge in [0.1, 0.15) is 24.0 Å². The molecule has 0 aliphatic heterocycles. The summed E-state index contributed by atoms with van der Waals surface area (Å²) < 4.78 is 12.7. The van der Waals surface area contributed by atoms with Crippen LogP contribution in [0.15, 0.2) is 62.6 Å². The third kappa shape index (κ3) is 6.14. The number of aryl methyl sites for hydroxylation is 1. The molecule has 6 nitrogen and oxygen atoms in total. The second-order valence-corrected chi connectivity index (χ2v) is 8.36. The fourth-order valence-electron chi connectivity index (χ4n) is 2.91. The van der Waals surface area contributed by atoms with E-state index in [0.29, 0.717) is 30.3 Å². The highest BCUT2D eigenvalue weighted by Crippen LogP contribution is 2.35. The van der Waals surface area contributed by atoms with Crippen LogP contribution >= 0.6 is 31.9 Å². The fraction of sp³-hybridized carbons (Fsp3) is 0.174. The summed E-state index contributed by atoms with van der Waals surface area (Å²) in [5.41, 5.74) is 6.74. The van der Waals surface area contributed by atoms with Crippen molar-refractivity contribution >= 4 is 43.9 Å². The summed E-state index contributed by atoms with van der Waals surface area (Å²) in [5, 5.41) is 13.8. The van der Waals surface area contributed by atoms with E-state index in [2.05, 4.69) is 53.4 Å². The Balaban J connectivity index is 1.74. The number of ether oxygens (including phenoxy) is 2. The van der Waals surface area contributed by atoms with Gasteiger partial charge in [-0.15, -0.1) is 0 Å². The van der Waals surface area contributed by atoms with Crippen molar-refractivity contribution in [1.29, 1.82) is 5.26 Å². The molecule has 3 aromatic rings. The van der Waals surface area contributed by atoms with E-state index in [9.17, 15) is 5.26 Å². The number of pyridine rings is 1. The Hall–Kier alpha value is -2.73. The van der Waals surface area contributed by atoms with Gasteiger partial charge < -0.3 is 9.47 Å². The minimum absolute atomic E-state index is 0.328. The normalized spacial score (nSPS) is 10.8. The molecule has 0 aliphatic rings. The van der Waals surface area contributed by atoms with Gasteiger partial charge in [0.2, 0.25) is 0 Å². The van der Waals surface area contributed by atoms with Gasteiger partial charge in [-0.25, -0.2) is 4.98 Å². The summed E-state index contributed by atoms with van der Waals surface area (Å²) in [6, 6.07) is 17.8. The number of methoxy groups -OCH3 is 1. The molecule has 3 rings (SSSR count). The Kier molecular flexibility index (Phi) is 8.18. The molecule has 0 atom stereocenters. The maximum Gasteiger partial charge on any atom is 0.164 e. The lowest BCUT2D eigenvalue weighted by Crippen LogP contribution is -2.03. The van der Waals surface area contributed by atoms with Crippen LogP contribution in [0.1, 0.15) is 27.9 Å². The average molecular weight is 544 g/mol. The maximum absolute atomic E-state index is 9.51. The monoisotopic (exact) mass is 542 g/mol. The number of rotatable bonds is 8. The van der Waals surface area contributed by atoms with Gasteiger partial charge >= 0.3 is 0 Å². The van der Waals surface area contributed by atoms with Crippen molar-refractivity contribution in [3.63, 3.8) is 0 Å². The van der Waals surface area contributed by atoms with Crippen LogP contribution in [0.5, 0.6) is 5.75 Å². The Bertz CT molecular complexity index is 1110. The van der Waals surface area contributed by atoms with Gasteiger partial charge in [0, 0.05) is 18.4 Å². The Labute approximate surface area is 198 Å². The molecule has 0 amide bonds. The molecule has 1 aromatic heterocycles. The van der Waals surface area contributed by atoms with Crippen LogP contribution < -0.4 is 10.2 Å². The number of hydrazone groups is 1. The Morgan fingerprint density at radius 3 is 2.48 bits per heavy atom. The highest BCUT2D eigenvalue weighted by molar-refractivity contribution is 9.11. The summed E-state index contributed by atoms with van der Waals surface area (Å²) in [4.78, 5) is 4.38. The first-order chi connectivity index (χ1) is 15.0. The highest BCUT2D eigenvalue weighted by atomic mass is 79.9. The van der Waals surface area contributed by atoms with Crippen molar-refractivity contribution in [1.82, 2.24) is 4.98 Å². The molecule has 0 spiro atoms. The lowest BCUT2D eigenvalue weighted by Gasteiger charge is -2.11. The van der Waals surface area contributed by atoms with Gasteiger partial charge in [0.15, 0.2) is 5.82 Å². The smallest absolute Gasteiger partial charge is 0.164 e. The zero-order valence-corrected chi connectivity index (χ0v) is 20.2. The molecule has 1 heterocycles. The van der Waals surface area contributed by atoms with Crippen molar-refractivity contribution < 1.29 is 9.47 Å². The first-order valence-corrected chi connectivity index (χ1v) is 10.9. The van der Waals surface area contributed by atoms with Gasteiger partial charge in [0.05, 0.1) is 21.8 Å². The summed E-state index contributed by atoms with van der Waals surface area (Å²) in [6.07, 6.45) is 1.65. The zero-order chi connectivity index (χ0) is 22.2. The number of nitrogens with one attached hydrogen (secondary N) is 1. The molecule has 0 unspecified atom stereocenters. The molecule has 0 fully saturated rings. The molecular formula is C23H20Br2N4O2.